The van der Waals surface area contributed by atoms with Gasteiger partial charge in [-0.1, -0.05) is 18.2 Å². The molecule has 3 radical (unpaired) electrons. The summed E-state index contributed by atoms with van der Waals surface area (Å²) >= 11 is 0. The summed E-state index contributed by atoms with van der Waals surface area (Å²) < 4.78 is 118. The topological polar surface area (TPSA) is 229 Å². The van der Waals surface area contributed by atoms with Crippen molar-refractivity contribution in [3.05, 3.63) is 204 Å². The van der Waals surface area contributed by atoms with Gasteiger partial charge in [0.05, 0.1) is 86.5 Å². The van der Waals surface area contributed by atoms with E-state index in [-0.39, 0.29) is 126 Å². The molecular weight excluding hydrogens is 1570 g/mol. The molecule has 1 atom stereocenters. The Morgan fingerprint density at radius 2 is 0.511 bits per heavy atom. The molecule has 1 unspecified atom stereocenters. The number of pyridine rings is 3. The van der Waals surface area contributed by atoms with Gasteiger partial charge in [0.2, 0.25) is 0 Å². The van der Waals surface area contributed by atoms with E-state index in [0.29, 0.717) is 72.0 Å². The molecule has 0 bridgehead atoms. The molecule has 0 fully saturated rings. The van der Waals surface area contributed by atoms with E-state index in [0.717, 1.165) is 40.7 Å². The maximum Gasteiger partial charge on any atom is 0.0582 e. The smallest absolute Gasteiger partial charge is 0.0582 e. The van der Waals surface area contributed by atoms with Crippen molar-refractivity contribution in [2.45, 2.75) is 52.4 Å². The van der Waals surface area contributed by atoms with Crippen molar-refractivity contribution >= 4 is 15.6 Å². The Bertz CT molecular complexity index is 2580. The number of β-amino-alcohol motifs (C(OH)–C–C–N with tert-alkyl or cyclic N) is 6. The first-order valence-electron chi connectivity index (χ1n) is 26.7. The van der Waals surface area contributed by atoms with Crippen LogP contribution in [0.4, 0.5) is 50.4 Å². The number of aliphatic hydroxyl groups is 6. The zero-order valence-corrected chi connectivity index (χ0v) is 55.7. The molecule has 0 aromatic carbocycles. The molecule has 0 aliphatic carbocycles. The Kier molecular flexibility index (Phi) is 35.8. The summed E-state index contributed by atoms with van der Waals surface area (Å²) in [5.41, 5.74) is 6.01. The molecule has 9 heterocycles. The van der Waals surface area contributed by atoms with Gasteiger partial charge in [0.25, 0.3) is 0 Å². The fourth-order valence-corrected chi connectivity index (χ4v) is 8.31. The second kappa shape index (κ2) is 37.7. The SMILES string of the molecule is CC1N(CCO)C=CN1Cc1cccc(CN2C=CN(CCO)[CH-]2)n1.F[P-](F)(F)(F)(F)F.F[P-](F)(F)(F)(F)F.OCCN1C=CN(Cc2cccc(CN3C=CN(CCO)[CH-]3)n2)[CH-]1.OCCN1C=CN(Cc2cccc(CN3C=CN(CCO)[CH-]3)n2)[CH-]1.[Ag].[Ag].[Ag].[CH3-].[OH-]. The predicted molar refractivity (Wildman–Crippen MR) is 310 cm³/mol. The van der Waals surface area contributed by atoms with E-state index in [4.69, 9.17) is 45.6 Å². The van der Waals surface area contributed by atoms with Crippen molar-refractivity contribution in [3.8, 4) is 0 Å². The third-order valence-corrected chi connectivity index (χ3v) is 12.0. The Morgan fingerprint density at radius 1 is 0.326 bits per heavy atom. The predicted octanol–water partition coefficient (Wildman–Crippen LogP) is 8.70. The molecule has 7 N–H and O–H groups in total. The molecule has 541 valence electrons. The van der Waals surface area contributed by atoms with E-state index in [1.165, 1.54) is 0 Å². The van der Waals surface area contributed by atoms with Gasteiger partial charge in [-0.25, -0.2) is 0 Å². The Hall–Kier alpha value is -4.55. The fraction of sp³-hybridized carbons (Fsp3) is 0.377. The fourth-order valence-electron chi connectivity index (χ4n) is 8.31. The van der Waals surface area contributed by atoms with E-state index in [1.54, 1.807) is 0 Å². The monoisotopic (exact) mass is 1650 g/mol. The summed E-state index contributed by atoms with van der Waals surface area (Å²) in [5, 5.41) is 54.0. The van der Waals surface area contributed by atoms with Crippen LogP contribution in [0.2, 0.25) is 0 Å². The minimum atomic E-state index is -10.7. The summed E-state index contributed by atoms with van der Waals surface area (Å²) in [5.74, 6) is 0. The second-order valence-corrected chi connectivity index (χ2v) is 23.4. The third kappa shape index (κ3) is 38.7. The summed E-state index contributed by atoms with van der Waals surface area (Å²) in [6, 6.07) is 18.2. The molecule has 22 nitrogen and oxygen atoms in total. The van der Waals surface area contributed by atoms with Crippen molar-refractivity contribution in [2.24, 2.45) is 0 Å². The average Bonchev–Trinajstić information content (AvgIpc) is 1.27. The minimum Gasteiger partial charge on any atom is -0.870 e. The number of rotatable bonds is 24. The molecule has 0 amide bonds. The van der Waals surface area contributed by atoms with Crippen molar-refractivity contribution in [1.82, 2.24) is 73.8 Å². The van der Waals surface area contributed by atoms with Crippen molar-refractivity contribution in [1.29, 1.82) is 0 Å². The van der Waals surface area contributed by atoms with Gasteiger partial charge in [-0.15, -0.1) is 0 Å². The van der Waals surface area contributed by atoms with Gasteiger partial charge < -0.3 is 102 Å². The van der Waals surface area contributed by atoms with Crippen LogP contribution in [0.5, 0.6) is 0 Å². The van der Waals surface area contributed by atoms with Crippen molar-refractivity contribution < 1.29 is 154 Å². The van der Waals surface area contributed by atoms with Crippen LogP contribution in [0, 0.1) is 40.8 Å². The zero-order valence-electron chi connectivity index (χ0n) is 49.5. The maximum absolute atomic E-state index is 10.7. The van der Waals surface area contributed by atoms with E-state index in [1.807, 2.05) is 200 Å². The standard InChI is InChI=1S/C18H26N5O2.2C17H23N5O2.CH3.3Ag.2F6P.H2O/c1-16-22(10-12-25)7-8-23(16)14-18-4-2-3-17(19-18)13-21-6-5-20(15-21)9-11-24;2*23-10-8-19-4-6-21(14-19)12-16-2-1-3-17(18-16)13-22-7-5-20(15-22)9-11-24;;;;;2*1-7(2,3,4,5)6;/h2-8,15-16,24-25H,9-14H2,1H3;2*1-7,14-15,23-24H,8-13H2;1H3;;;;;;1H2/q-1;2*-2;-1;;;;2*-1;/p-1. The van der Waals surface area contributed by atoms with E-state index in [2.05, 4.69) is 27.8 Å². The second-order valence-electron chi connectivity index (χ2n) is 19.6. The van der Waals surface area contributed by atoms with Gasteiger partial charge in [0.1, 0.15) is 0 Å². The van der Waals surface area contributed by atoms with Gasteiger partial charge in [-0.05, 0) is 105 Å². The van der Waals surface area contributed by atoms with Crippen LogP contribution >= 0.6 is 15.6 Å². The first-order chi connectivity index (χ1) is 40.6. The molecule has 6 aliphatic rings. The summed E-state index contributed by atoms with van der Waals surface area (Å²) in [7, 11) is -21.3. The average molecular weight is 1650 g/mol. The maximum atomic E-state index is 9.87. The van der Waals surface area contributed by atoms with Crippen molar-refractivity contribution in [2.75, 3.05) is 78.9 Å². The largest absolute Gasteiger partial charge is 0.870 e. The summed E-state index contributed by atoms with van der Waals surface area (Å²) in [6.45, 7) is 20.7. The van der Waals surface area contributed by atoms with E-state index < -0.39 is 15.6 Å². The molecular formula is C53H76Ag3F12N15O7P2-9. The molecule has 6 aliphatic heterocycles. The van der Waals surface area contributed by atoms with E-state index >= 15 is 0 Å². The Balaban J connectivity index is 0.00000119. The molecule has 0 spiro atoms. The molecule has 0 saturated heterocycles. The zero-order chi connectivity index (χ0) is 64.0. The van der Waals surface area contributed by atoms with Gasteiger partial charge in [0.15, 0.2) is 0 Å². The van der Waals surface area contributed by atoms with Gasteiger partial charge in [-0.3, -0.25) is 15.0 Å². The number of aliphatic hydroxyl groups excluding tert-OH is 6. The first kappa shape index (κ1) is 87.5. The van der Waals surface area contributed by atoms with Crippen molar-refractivity contribution in [3.63, 3.8) is 0 Å². The van der Waals surface area contributed by atoms with Crippen LogP contribution in [0.25, 0.3) is 0 Å². The number of hydrogen-bond donors (Lipinski definition) is 6. The van der Waals surface area contributed by atoms with Crippen LogP contribution in [-0.4, -0.2) is 195 Å². The Labute approximate surface area is 574 Å². The van der Waals surface area contributed by atoms with Gasteiger partial charge in [0, 0.05) is 152 Å². The number of hydrogen-bond acceptors (Lipinski definition) is 22. The minimum absolute atomic E-state index is 0. The Morgan fingerprint density at radius 3 is 0.717 bits per heavy atom. The normalized spacial score (nSPS) is 17.6. The number of nitrogens with zero attached hydrogens (tertiary/aromatic N) is 15. The van der Waals surface area contributed by atoms with Gasteiger partial charge >= 0.3 is 66.0 Å². The quantitative estimate of drug-likeness (QED) is 0.0213. The molecule has 3 aromatic heterocycles. The van der Waals surface area contributed by atoms with Crippen LogP contribution < -0.4 is 0 Å². The number of aromatic nitrogens is 3. The van der Waals surface area contributed by atoms with Crippen LogP contribution in [0.15, 0.2) is 129 Å². The van der Waals surface area contributed by atoms with Crippen LogP contribution in [-0.2, 0) is 106 Å². The molecule has 3 aromatic rings. The first-order valence-corrected chi connectivity index (χ1v) is 30.7. The molecule has 39 heteroatoms. The molecule has 92 heavy (non-hydrogen) atoms. The third-order valence-electron chi connectivity index (χ3n) is 12.0. The van der Waals surface area contributed by atoms with Crippen LogP contribution in [0.3, 0.4) is 0 Å². The van der Waals surface area contributed by atoms with Crippen LogP contribution in [0.1, 0.15) is 41.1 Å². The molecule has 9 rings (SSSR count). The van der Waals surface area contributed by atoms with Gasteiger partial charge in [-0.2, -0.15) is 33.3 Å². The van der Waals surface area contributed by atoms with E-state index in [9.17, 15) is 50.4 Å². The summed E-state index contributed by atoms with van der Waals surface area (Å²) in [6.07, 6.45) is 23.9. The number of halogens is 12. The molecule has 0 saturated carbocycles. The summed E-state index contributed by atoms with van der Waals surface area (Å²) in [4.78, 5) is 38.5.